The molecule has 4 rings (SSSR count). The summed E-state index contributed by atoms with van der Waals surface area (Å²) in [7, 11) is 1.97. The third-order valence-corrected chi connectivity index (χ3v) is 6.21. The molecule has 0 radical (unpaired) electrons. The molecule has 1 N–H and O–H groups in total. The molecule has 1 unspecified atom stereocenters. The van der Waals surface area contributed by atoms with Crippen LogP contribution in [0.3, 0.4) is 0 Å². The number of hydrogen-bond donors (Lipinski definition) is 1. The molecule has 3 heterocycles. The van der Waals surface area contributed by atoms with Crippen LogP contribution in [-0.4, -0.2) is 57.6 Å². The zero-order chi connectivity index (χ0) is 21.6. The highest BCUT2D eigenvalue weighted by molar-refractivity contribution is 5.80. The van der Waals surface area contributed by atoms with Crippen molar-refractivity contribution in [1.82, 2.24) is 24.9 Å². The summed E-state index contributed by atoms with van der Waals surface area (Å²) in [5.74, 6) is 1.85. The van der Waals surface area contributed by atoms with E-state index in [1.54, 1.807) is 0 Å². The molecular weight excluding hydrogens is 388 g/mol. The number of carbonyl (C=O) groups is 1. The Morgan fingerprint density at radius 1 is 1.23 bits per heavy atom. The van der Waals surface area contributed by atoms with Crippen molar-refractivity contribution in [3.8, 4) is 0 Å². The summed E-state index contributed by atoms with van der Waals surface area (Å²) in [5, 5.41) is 7.71. The topological polar surface area (TPSA) is 65.8 Å². The molecule has 1 saturated heterocycles. The minimum atomic E-state index is 0.231. The first-order valence-electron chi connectivity index (χ1n) is 11.5. The Morgan fingerprint density at radius 2 is 2.00 bits per heavy atom. The highest BCUT2D eigenvalue weighted by atomic mass is 16.2. The van der Waals surface area contributed by atoms with E-state index in [-0.39, 0.29) is 5.91 Å². The second kappa shape index (κ2) is 9.98. The lowest BCUT2D eigenvalue weighted by Crippen LogP contribution is -2.40. The number of amides is 1. The van der Waals surface area contributed by atoms with Gasteiger partial charge in [0, 0.05) is 58.9 Å². The Labute approximate surface area is 185 Å². The summed E-state index contributed by atoms with van der Waals surface area (Å²) in [6, 6.07) is 8.33. The molecule has 31 heavy (non-hydrogen) atoms. The van der Waals surface area contributed by atoms with Crippen LogP contribution in [0, 0.1) is 5.92 Å². The Morgan fingerprint density at radius 3 is 2.68 bits per heavy atom. The van der Waals surface area contributed by atoms with Gasteiger partial charge < -0.3 is 15.1 Å². The number of carbonyl (C=O) groups excluding carboxylic acids is 1. The summed E-state index contributed by atoms with van der Waals surface area (Å²) in [6.45, 7) is 7.17. The van der Waals surface area contributed by atoms with E-state index in [0.717, 1.165) is 51.5 Å². The number of nitrogens with zero attached hydrogens (tertiary/aromatic N) is 5. The first-order valence-corrected chi connectivity index (χ1v) is 11.5. The Balaban J connectivity index is 1.23. The van der Waals surface area contributed by atoms with Gasteiger partial charge in [0.25, 0.3) is 0 Å². The summed E-state index contributed by atoms with van der Waals surface area (Å²) in [4.78, 5) is 21.8. The van der Waals surface area contributed by atoms with Gasteiger partial charge in [-0.2, -0.15) is 5.10 Å². The fourth-order valence-electron chi connectivity index (χ4n) is 4.61. The molecule has 7 heteroatoms. The average molecular weight is 423 g/mol. The largest absolute Gasteiger partial charge is 0.357 e. The van der Waals surface area contributed by atoms with Crippen LogP contribution in [0.25, 0.3) is 0 Å². The fraction of sp³-hybridized carbons (Fsp3) is 0.542. The highest BCUT2D eigenvalue weighted by Gasteiger charge is 2.25. The molecule has 166 valence electrons. The first-order chi connectivity index (χ1) is 15.1. The molecule has 0 saturated carbocycles. The molecule has 2 aliphatic rings. The van der Waals surface area contributed by atoms with Crippen LogP contribution >= 0.6 is 0 Å². The number of aliphatic imine (C=N–C) groups is 1. The predicted molar refractivity (Wildman–Crippen MR) is 123 cm³/mol. The zero-order valence-corrected chi connectivity index (χ0v) is 18.8. The summed E-state index contributed by atoms with van der Waals surface area (Å²) in [5.41, 5.74) is 3.86. The van der Waals surface area contributed by atoms with Crippen LogP contribution in [-0.2, 0) is 31.4 Å². The predicted octanol–water partition coefficient (Wildman–Crippen LogP) is 2.57. The second-order valence-corrected chi connectivity index (χ2v) is 8.68. The molecule has 1 aromatic heterocycles. The summed E-state index contributed by atoms with van der Waals surface area (Å²) >= 11 is 0. The Kier molecular flexibility index (Phi) is 6.89. The molecule has 0 bridgehead atoms. The molecule has 0 spiro atoms. The van der Waals surface area contributed by atoms with Crippen LogP contribution in [0.15, 0.2) is 41.7 Å². The van der Waals surface area contributed by atoms with Gasteiger partial charge in [0.1, 0.15) is 0 Å². The number of benzene rings is 1. The monoisotopic (exact) mass is 422 g/mol. The zero-order valence-electron chi connectivity index (χ0n) is 18.8. The average Bonchev–Trinajstić information content (AvgIpc) is 3.50. The van der Waals surface area contributed by atoms with E-state index in [4.69, 9.17) is 4.99 Å². The van der Waals surface area contributed by atoms with Gasteiger partial charge in [-0.1, -0.05) is 24.3 Å². The van der Waals surface area contributed by atoms with Crippen molar-refractivity contribution in [2.75, 3.05) is 26.2 Å². The van der Waals surface area contributed by atoms with Crippen LogP contribution < -0.4 is 5.32 Å². The second-order valence-electron chi connectivity index (χ2n) is 8.68. The molecule has 1 atom stereocenters. The number of guanidine groups is 1. The van der Waals surface area contributed by atoms with Gasteiger partial charge in [-0.15, -0.1) is 0 Å². The molecule has 1 fully saturated rings. The van der Waals surface area contributed by atoms with Crippen LogP contribution in [0.4, 0.5) is 0 Å². The van der Waals surface area contributed by atoms with Gasteiger partial charge in [0.2, 0.25) is 5.91 Å². The SMILES string of the molecule is CCNC(=NCCCC(=O)N1Cc2ccccc2C1)N1CCC(Cc2cnn(C)c2)C1. The molecule has 2 aromatic rings. The van der Waals surface area contributed by atoms with Gasteiger partial charge in [-0.25, -0.2) is 0 Å². The number of aryl methyl sites for hydroxylation is 1. The van der Waals surface area contributed by atoms with Gasteiger partial charge in [-0.3, -0.25) is 14.5 Å². The van der Waals surface area contributed by atoms with Gasteiger partial charge >= 0.3 is 0 Å². The van der Waals surface area contributed by atoms with E-state index in [9.17, 15) is 4.79 Å². The van der Waals surface area contributed by atoms with Crippen molar-refractivity contribution < 1.29 is 4.79 Å². The van der Waals surface area contributed by atoms with Crippen molar-refractivity contribution in [2.24, 2.45) is 18.0 Å². The van der Waals surface area contributed by atoms with Crippen molar-refractivity contribution in [3.05, 3.63) is 53.3 Å². The van der Waals surface area contributed by atoms with Gasteiger partial charge in [0.15, 0.2) is 5.96 Å². The van der Waals surface area contributed by atoms with Crippen molar-refractivity contribution in [1.29, 1.82) is 0 Å². The van der Waals surface area contributed by atoms with E-state index < -0.39 is 0 Å². The molecule has 2 aliphatic heterocycles. The van der Waals surface area contributed by atoms with Crippen LogP contribution in [0.2, 0.25) is 0 Å². The summed E-state index contributed by atoms with van der Waals surface area (Å²) < 4.78 is 1.87. The maximum absolute atomic E-state index is 12.6. The summed E-state index contributed by atoms with van der Waals surface area (Å²) in [6.07, 6.45) is 7.66. The molecular formula is C24H34N6O. The van der Waals surface area contributed by atoms with E-state index >= 15 is 0 Å². The molecule has 0 aliphatic carbocycles. The lowest BCUT2D eigenvalue weighted by atomic mass is 10.0. The van der Waals surface area contributed by atoms with E-state index in [0.29, 0.717) is 18.9 Å². The molecule has 1 amide bonds. The van der Waals surface area contributed by atoms with E-state index in [2.05, 4.69) is 40.6 Å². The number of hydrogen-bond acceptors (Lipinski definition) is 3. The molecule has 7 nitrogen and oxygen atoms in total. The van der Waals surface area contributed by atoms with Crippen LogP contribution in [0.5, 0.6) is 0 Å². The molecule has 1 aromatic carbocycles. The van der Waals surface area contributed by atoms with Crippen molar-refractivity contribution >= 4 is 11.9 Å². The Bertz CT molecular complexity index is 895. The van der Waals surface area contributed by atoms with Crippen molar-refractivity contribution in [2.45, 2.75) is 45.7 Å². The lowest BCUT2D eigenvalue weighted by Gasteiger charge is -2.21. The smallest absolute Gasteiger partial charge is 0.223 e. The number of aromatic nitrogens is 2. The maximum Gasteiger partial charge on any atom is 0.223 e. The van der Waals surface area contributed by atoms with E-state index in [1.165, 1.54) is 23.1 Å². The minimum absolute atomic E-state index is 0.231. The third kappa shape index (κ3) is 5.46. The Hall–Kier alpha value is -2.83. The lowest BCUT2D eigenvalue weighted by molar-refractivity contribution is -0.131. The normalized spacial score (nSPS) is 18.5. The third-order valence-electron chi connectivity index (χ3n) is 6.21. The minimum Gasteiger partial charge on any atom is -0.357 e. The first kappa shape index (κ1) is 21.4. The number of nitrogens with one attached hydrogen (secondary N) is 1. The fourth-order valence-corrected chi connectivity index (χ4v) is 4.61. The number of rotatable bonds is 7. The van der Waals surface area contributed by atoms with Gasteiger partial charge in [0.05, 0.1) is 6.20 Å². The standard InChI is InChI=1S/C24H34N6O/c1-3-25-24(29-12-10-19(16-29)13-20-14-27-28(2)15-20)26-11-6-9-23(31)30-17-21-7-4-5-8-22(21)18-30/h4-5,7-8,14-15,19H,3,6,9-13,16-18H2,1-2H3,(H,25,26). The van der Waals surface area contributed by atoms with Crippen LogP contribution in [0.1, 0.15) is 42.9 Å². The highest BCUT2D eigenvalue weighted by Crippen LogP contribution is 2.23. The van der Waals surface area contributed by atoms with Gasteiger partial charge in [-0.05, 0) is 48.8 Å². The number of likely N-dealkylation sites (tertiary alicyclic amines) is 1. The van der Waals surface area contributed by atoms with E-state index in [1.807, 2.05) is 35.0 Å². The maximum atomic E-state index is 12.6. The number of fused-ring (bicyclic) bond motifs is 1. The quantitative estimate of drug-likeness (QED) is 0.423. The van der Waals surface area contributed by atoms with Crippen molar-refractivity contribution in [3.63, 3.8) is 0 Å².